The average Bonchev–Trinajstić information content (AvgIpc) is 3.27. The number of aromatic nitrogens is 4. The lowest BCUT2D eigenvalue weighted by molar-refractivity contribution is 0.116. The van der Waals surface area contributed by atoms with E-state index in [9.17, 15) is 5.11 Å². The molecule has 1 aliphatic carbocycles. The van der Waals surface area contributed by atoms with Gasteiger partial charge >= 0.3 is 0 Å². The number of aliphatic hydroxyl groups is 1. The maximum Gasteiger partial charge on any atom is 0.184 e. The Kier molecular flexibility index (Phi) is 4.78. The van der Waals surface area contributed by atoms with E-state index in [0.717, 1.165) is 56.8 Å². The predicted molar refractivity (Wildman–Crippen MR) is 116 cm³/mol. The zero-order valence-corrected chi connectivity index (χ0v) is 17.6. The second kappa shape index (κ2) is 7.42. The molecule has 2 N–H and O–H groups in total. The van der Waals surface area contributed by atoms with Crippen molar-refractivity contribution in [2.75, 3.05) is 5.32 Å². The van der Waals surface area contributed by atoms with Gasteiger partial charge in [0.15, 0.2) is 10.8 Å². The molecule has 1 aromatic carbocycles. The molecule has 28 heavy (non-hydrogen) atoms. The van der Waals surface area contributed by atoms with Crippen LogP contribution in [0.25, 0.3) is 21.4 Å². The van der Waals surface area contributed by atoms with E-state index in [-0.39, 0.29) is 12.1 Å². The van der Waals surface area contributed by atoms with E-state index in [1.807, 2.05) is 18.5 Å². The third-order valence-corrected chi connectivity index (χ3v) is 6.66. The Bertz CT molecular complexity index is 1140. The molecule has 2 unspecified atom stereocenters. The molecule has 8 heteroatoms. The molecule has 4 aromatic rings. The summed E-state index contributed by atoms with van der Waals surface area (Å²) in [6.07, 6.45) is 5.69. The standard InChI is InChI=1S/C20H20BrN5OS/c21-18-8-7-15-19(25-18)26(11-22-15)10-12-5-6-14-17(9-12)28-20(24-14)23-13-3-1-2-4-16(13)27/h5-9,11,13,16,27H,1-4,10H2,(H,23,24). The smallest absolute Gasteiger partial charge is 0.184 e. The zero-order chi connectivity index (χ0) is 19.1. The summed E-state index contributed by atoms with van der Waals surface area (Å²) < 4.78 is 4.00. The van der Waals surface area contributed by atoms with Crippen LogP contribution < -0.4 is 5.32 Å². The number of fused-ring (bicyclic) bond motifs is 2. The van der Waals surface area contributed by atoms with E-state index < -0.39 is 0 Å². The van der Waals surface area contributed by atoms with E-state index >= 15 is 0 Å². The maximum atomic E-state index is 10.2. The van der Waals surface area contributed by atoms with Crippen LogP contribution in [0.2, 0.25) is 0 Å². The molecule has 0 saturated heterocycles. The third kappa shape index (κ3) is 3.52. The molecule has 144 valence electrons. The summed E-state index contributed by atoms with van der Waals surface area (Å²) >= 11 is 5.08. The number of rotatable bonds is 4. The zero-order valence-electron chi connectivity index (χ0n) is 15.2. The Hall–Kier alpha value is -2.03. The number of nitrogens with one attached hydrogen (secondary N) is 1. The SMILES string of the molecule is OC1CCCCC1Nc1nc2ccc(Cn3cnc4ccc(Br)nc43)cc2s1. The number of imidazole rings is 1. The summed E-state index contributed by atoms with van der Waals surface area (Å²) in [5.41, 5.74) is 3.92. The normalized spacial score (nSPS) is 20.1. The van der Waals surface area contributed by atoms with Crippen LogP contribution in [0.5, 0.6) is 0 Å². The molecule has 3 heterocycles. The second-order valence-electron chi connectivity index (χ2n) is 7.27. The topological polar surface area (TPSA) is 75.9 Å². The van der Waals surface area contributed by atoms with E-state index in [0.29, 0.717) is 6.54 Å². The number of aliphatic hydroxyl groups excluding tert-OH is 1. The number of nitrogens with zero attached hydrogens (tertiary/aromatic N) is 4. The Balaban J connectivity index is 1.39. The lowest BCUT2D eigenvalue weighted by Gasteiger charge is -2.27. The molecule has 2 atom stereocenters. The molecular formula is C20H20BrN5OS. The molecule has 5 rings (SSSR count). The molecule has 1 fully saturated rings. The minimum Gasteiger partial charge on any atom is -0.391 e. The Morgan fingerprint density at radius 3 is 2.89 bits per heavy atom. The highest BCUT2D eigenvalue weighted by Crippen LogP contribution is 2.30. The number of halogens is 1. The second-order valence-corrected chi connectivity index (χ2v) is 9.12. The molecule has 0 amide bonds. The summed E-state index contributed by atoms with van der Waals surface area (Å²) in [5.74, 6) is 0. The highest BCUT2D eigenvalue weighted by atomic mass is 79.9. The summed E-state index contributed by atoms with van der Waals surface area (Å²) in [5, 5.41) is 14.5. The van der Waals surface area contributed by atoms with Gasteiger partial charge < -0.3 is 15.0 Å². The quantitative estimate of drug-likeness (QED) is 0.439. The van der Waals surface area contributed by atoms with Crippen LogP contribution in [0.15, 0.2) is 41.3 Å². The number of anilines is 1. The van der Waals surface area contributed by atoms with Crippen molar-refractivity contribution in [3.8, 4) is 0 Å². The number of thiazole rings is 1. The first-order chi connectivity index (χ1) is 13.7. The molecule has 6 nitrogen and oxygen atoms in total. The first-order valence-electron chi connectivity index (χ1n) is 9.47. The third-order valence-electron chi connectivity index (χ3n) is 5.27. The maximum absolute atomic E-state index is 10.2. The van der Waals surface area contributed by atoms with Gasteiger partial charge in [-0.25, -0.2) is 15.0 Å². The molecule has 1 saturated carbocycles. The molecule has 1 aliphatic rings. The lowest BCUT2D eigenvalue weighted by Crippen LogP contribution is -2.36. The van der Waals surface area contributed by atoms with Gasteiger partial charge in [-0.1, -0.05) is 30.2 Å². The van der Waals surface area contributed by atoms with Gasteiger partial charge in [-0.3, -0.25) is 0 Å². The first-order valence-corrected chi connectivity index (χ1v) is 11.1. The van der Waals surface area contributed by atoms with Crippen molar-refractivity contribution in [1.29, 1.82) is 0 Å². The Morgan fingerprint density at radius 2 is 2.00 bits per heavy atom. The van der Waals surface area contributed by atoms with Crippen LogP contribution in [-0.4, -0.2) is 36.8 Å². The fourth-order valence-corrected chi connectivity index (χ4v) is 5.09. The highest BCUT2D eigenvalue weighted by Gasteiger charge is 2.23. The molecule has 0 spiro atoms. The van der Waals surface area contributed by atoms with Crippen molar-refractivity contribution in [3.63, 3.8) is 0 Å². The van der Waals surface area contributed by atoms with Crippen LogP contribution in [0.4, 0.5) is 5.13 Å². The predicted octanol–water partition coefficient (Wildman–Crippen LogP) is 4.57. The summed E-state index contributed by atoms with van der Waals surface area (Å²) in [7, 11) is 0. The fourth-order valence-electron chi connectivity index (χ4n) is 3.80. The Morgan fingerprint density at radius 1 is 1.14 bits per heavy atom. The van der Waals surface area contributed by atoms with Crippen LogP contribution in [0.3, 0.4) is 0 Å². The van der Waals surface area contributed by atoms with Crippen molar-refractivity contribution < 1.29 is 5.11 Å². The van der Waals surface area contributed by atoms with Gasteiger partial charge in [0, 0.05) is 0 Å². The summed E-state index contributed by atoms with van der Waals surface area (Å²) in [6, 6.07) is 10.3. The molecule has 0 bridgehead atoms. The minimum atomic E-state index is -0.280. The largest absolute Gasteiger partial charge is 0.391 e. The van der Waals surface area contributed by atoms with Crippen LogP contribution in [0, 0.1) is 0 Å². The van der Waals surface area contributed by atoms with Crippen LogP contribution in [-0.2, 0) is 6.54 Å². The monoisotopic (exact) mass is 457 g/mol. The van der Waals surface area contributed by atoms with E-state index in [4.69, 9.17) is 4.98 Å². The number of benzene rings is 1. The van der Waals surface area contributed by atoms with Gasteiger partial charge in [0.1, 0.15) is 10.1 Å². The van der Waals surface area contributed by atoms with Crippen molar-refractivity contribution in [1.82, 2.24) is 19.5 Å². The van der Waals surface area contributed by atoms with E-state index in [1.165, 1.54) is 5.56 Å². The lowest BCUT2D eigenvalue weighted by atomic mass is 9.93. The molecule has 0 radical (unpaired) electrons. The fraction of sp³-hybridized carbons (Fsp3) is 0.350. The number of pyridine rings is 1. The van der Waals surface area contributed by atoms with Gasteiger partial charge in [-0.15, -0.1) is 0 Å². The summed E-state index contributed by atoms with van der Waals surface area (Å²) in [4.78, 5) is 13.7. The van der Waals surface area contributed by atoms with Gasteiger partial charge in [-0.05, 0) is 58.6 Å². The van der Waals surface area contributed by atoms with E-state index in [1.54, 1.807) is 11.3 Å². The van der Waals surface area contributed by atoms with Gasteiger partial charge in [0.2, 0.25) is 0 Å². The molecule has 3 aromatic heterocycles. The van der Waals surface area contributed by atoms with Gasteiger partial charge in [0.05, 0.1) is 35.2 Å². The minimum absolute atomic E-state index is 0.107. The van der Waals surface area contributed by atoms with E-state index in [2.05, 4.69) is 54.0 Å². The molecular weight excluding hydrogens is 438 g/mol. The van der Waals surface area contributed by atoms with Gasteiger partial charge in [0.25, 0.3) is 0 Å². The number of hydrogen-bond donors (Lipinski definition) is 2. The first kappa shape index (κ1) is 18.0. The number of hydrogen-bond acceptors (Lipinski definition) is 6. The Labute approximate surface area is 174 Å². The van der Waals surface area contributed by atoms with Crippen LogP contribution >= 0.6 is 27.3 Å². The van der Waals surface area contributed by atoms with Crippen molar-refractivity contribution in [2.24, 2.45) is 0 Å². The van der Waals surface area contributed by atoms with Gasteiger partial charge in [-0.2, -0.15) is 0 Å². The van der Waals surface area contributed by atoms with Crippen molar-refractivity contribution in [3.05, 3.63) is 46.8 Å². The molecule has 0 aliphatic heterocycles. The van der Waals surface area contributed by atoms with Crippen molar-refractivity contribution >= 4 is 53.8 Å². The van der Waals surface area contributed by atoms with Crippen LogP contribution in [0.1, 0.15) is 31.2 Å². The average molecular weight is 458 g/mol. The highest BCUT2D eigenvalue weighted by molar-refractivity contribution is 9.10. The summed E-state index contributed by atoms with van der Waals surface area (Å²) in [6.45, 7) is 0.706. The van der Waals surface area contributed by atoms with Crippen molar-refractivity contribution in [2.45, 2.75) is 44.4 Å².